The molecule has 0 radical (unpaired) electrons. The third-order valence-electron chi connectivity index (χ3n) is 6.00. The van der Waals surface area contributed by atoms with E-state index in [0.717, 1.165) is 24.8 Å². The van der Waals surface area contributed by atoms with Crippen LogP contribution < -0.4 is 10.6 Å². The number of nitrogens with one attached hydrogen (secondary N) is 2. The predicted molar refractivity (Wildman–Crippen MR) is 134 cm³/mol. The summed E-state index contributed by atoms with van der Waals surface area (Å²) in [6.45, 7) is 8.58. The van der Waals surface area contributed by atoms with Crippen LogP contribution in [0.15, 0.2) is 42.5 Å². The number of rotatable bonds is 7. The molecule has 2 aromatic rings. The van der Waals surface area contributed by atoms with Crippen molar-refractivity contribution in [1.29, 1.82) is 0 Å². The molecule has 8 nitrogen and oxygen atoms in total. The van der Waals surface area contributed by atoms with Crippen molar-refractivity contribution < 1.29 is 24.2 Å². The second-order valence-corrected chi connectivity index (χ2v) is 9.99. The van der Waals surface area contributed by atoms with Crippen LogP contribution in [0.25, 0.3) is 0 Å². The summed E-state index contributed by atoms with van der Waals surface area (Å²) in [7, 11) is 0. The molecule has 1 fully saturated rings. The monoisotopic (exact) mass is 481 g/mol. The number of aryl methyl sites for hydroxylation is 2. The molecule has 1 saturated carbocycles. The van der Waals surface area contributed by atoms with Crippen LogP contribution in [0, 0.1) is 13.8 Å². The van der Waals surface area contributed by atoms with Crippen molar-refractivity contribution in [1.82, 2.24) is 10.2 Å². The zero-order valence-electron chi connectivity index (χ0n) is 21.1. The Kier molecular flexibility index (Phi) is 8.04. The van der Waals surface area contributed by atoms with E-state index >= 15 is 0 Å². The van der Waals surface area contributed by atoms with Gasteiger partial charge in [0.25, 0.3) is 5.91 Å². The Morgan fingerprint density at radius 3 is 2.34 bits per heavy atom. The number of hydrogen-bond acceptors (Lipinski definition) is 5. The first-order chi connectivity index (χ1) is 16.5. The Morgan fingerprint density at radius 2 is 1.77 bits per heavy atom. The van der Waals surface area contributed by atoms with Gasteiger partial charge in [0.05, 0.1) is 0 Å². The molecular formula is C27H35N3O5. The summed E-state index contributed by atoms with van der Waals surface area (Å²) in [4.78, 5) is 40.9. The molecule has 1 aliphatic carbocycles. The zero-order valence-corrected chi connectivity index (χ0v) is 21.1. The van der Waals surface area contributed by atoms with Gasteiger partial charge in [0, 0.05) is 11.7 Å². The van der Waals surface area contributed by atoms with E-state index in [-0.39, 0.29) is 30.2 Å². The van der Waals surface area contributed by atoms with E-state index in [0.29, 0.717) is 16.8 Å². The molecule has 8 heteroatoms. The summed E-state index contributed by atoms with van der Waals surface area (Å²) >= 11 is 0. The van der Waals surface area contributed by atoms with Crippen LogP contribution in [0.3, 0.4) is 0 Å². The van der Waals surface area contributed by atoms with Crippen LogP contribution in [-0.2, 0) is 14.3 Å². The van der Waals surface area contributed by atoms with Crippen LogP contribution in [-0.4, -0.2) is 46.1 Å². The van der Waals surface area contributed by atoms with Gasteiger partial charge in [-0.2, -0.15) is 0 Å². The standard InChI is InChI=1S/C27H35N3O5/c1-17-9-6-7-12-21(17)29-25(33)24(19-13-14-22(31)18(2)15-19)30(20-10-8-11-20)23(32)16-28-26(34)35-27(3,4)5/h6-7,9,12-15,20,24,31H,8,10-11,16H2,1-5H3,(H,28,34)(H,29,33). The molecule has 3 amide bonds. The molecule has 0 bridgehead atoms. The summed E-state index contributed by atoms with van der Waals surface area (Å²) in [5.74, 6) is -0.627. The van der Waals surface area contributed by atoms with Crippen molar-refractivity contribution in [2.45, 2.75) is 71.6 Å². The molecule has 3 rings (SSSR count). The normalized spacial score (nSPS) is 14.4. The van der Waals surface area contributed by atoms with E-state index in [4.69, 9.17) is 4.74 Å². The van der Waals surface area contributed by atoms with Crippen LogP contribution >= 0.6 is 0 Å². The van der Waals surface area contributed by atoms with Crippen molar-refractivity contribution in [2.24, 2.45) is 0 Å². The number of aromatic hydroxyl groups is 1. The van der Waals surface area contributed by atoms with Crippen LogP contribution in [0.5, 0.6) is 5.75 Å². The molecule has 0 aromatic heterocycles. The Hall–Kier alpha value is -3.55. The number of amides is 3. The average Bonchev–Trinajstić information content (AvgIpc) is 2.73. The molecule has 35 heavy (non-hydrogen) atoms. The van der Waals surface area contributed by atoms with E-state index in [2.05, 4.69) is 10.6 Å². The molecule has 0 heterocycles. The number of para-hydroxylation sites is 1. The van der Waals surface area contributed by atoms with Crippen LogP contribution in [0.4, 0.5) is 10.5 Å². The molecule has 0 aliphatic heterocycles. The van der Waals surface area contributed by atoms with Crippen LogP contribution in [0.2, 0.25) is 0 Å². The first-order valence-corrected chi connectivity index (χ1v) is 11.9. The molecule has 2 aromatic carbocycles. The lowest BCUT2D eigenvalue weighted by atomic mass is 9.88. The fourth-order valence-electron chi connectivity index (χ4n) is 3.98. The number of phenols is 1. The number of ether oxygens (including phenoxy) is 1. The van der Waals surface area contributed by atoms with Crippen molar-refractivity contribution >= 4 is 23.6 Å². The topological polar surface area (TPSA) is 108 Å². The molecule has 0 saturated heterocycles. The van der Waals surface area contributed by atoms with Crippen molar-refractivity contribution in [2.75, 3.05) is 11.9 Å². The molecule has 1 atom stereocenters. The second kappa shape index (κ2) is 10.8. The minimum absolute atomic E-state index is 0.111. The van der Waals surface area contributed by atoms with E-state index in [9.17, 15) is 19.5 Å². The number of carbonyl (C=O) groups excluding carboxylic acids is 3. The van der Waals surface area contributed by atoms with Crippen molar-refractivity contribution in [3.8, 4) is 5.75 Å². The fourth-order valence-corrected chi connectivity index (χ4v) is 3.98. The van der Waals surface area contributed by atoms with E-state index in [1.807, 2.05) is 31.2 Å². The van der Waals surface area contributed by atoms with Gasteiger partial charge in [0.15, 0.2) is 0 Å². The molecule has 3 N–H and O–H groups in total. The summed E-state index contributed by atoms with van der Waals surface area (Å²) in [5.41, 5.74) is 2.05. The lowest BCUT2D eigenvalue weighted by molar-refractivity contribution is -0.143. The Balaban J connectivity index is 1.93. The molecule has 1 unspecified atom stereocenters. The van der Waals surface area contributed by atoms with Crippen molar-refractivity contribution in [3.05, 3.63) is 59.2 Å². The first kappa shape index (κ1) is 26.1. The maximum atomic E-state index is 13.7. The Labute approximate surface area is 206 Å². The summed E-state index contributed by atoms with van der Waals surface area (Å²) in [6, 6.07) is 11.3. The number of phenolic OH excluding ortho intramolecular Hbond substituents is 1. The van der Waals surface area contributed by atoms with E-state index in [1.165, 1.54) is 6.07 Å². The van der Waals surface area contributed by atoms with Crippen molar-refractivity contribution in [3.63, 3.8) is 0 Å². The van der Waals surface area contributed by atoms with E-state index < -0.39 is 17.7 Å². The lowest BCUT2D eigenvalue weighted by Gasteiger charge is -2.42. The quantitative estimate of drug-likeness (QED) is 0.536. The first-order valence-electron chi connectivity index (χ1n) is 11.9. The highest BCUT2D eigenvalue weighted by Gasteiger charge is 2.39. The highest BCUT2D eigenvalue weighted by Crippen LogP contribution is 2.35. The average molecular weight is 482 g/mol. The second-order valence-electron chi connectivity index (χ2n) is 9.99. The lowest BCUT2D eigenvalue weighted by Crippen LogP contribution is -2.53. The minimum Gasteiger partial charge on any atom is -0.508 e. The molecular weight excluding hydrogens is 446 g/mol. The van der Waals surface area contributed by atoms with Gasteiger partial charge in [-0.15, -0.1) is 0 Å². The number of carbonyl (C=O) groups is 3. The van der Waals surface area contributed by atoms with Gasteiger partial charge in [0.2, 0.25) is 5.91 Å². The number of alkyl carbamates (subject to hydrolysis) is 1. The summed E-state index contributed by atoms with van der Waals surface area (Å²) < 4.78 is 5.25. The Bertz CT molecular complexity index is 1090. The van der Waals surface area contributed by atoms with Crippen LogP contribution in [0.1, 0.15) is 62.8 Å². The predicted octanol–water partition coefficient (Wildman–Crippen LogP) is 4.59. The zero-order chi connectivity index (χ0) is 25.8. The minimum atomic E-state index is -0.938. The summed E-state index contributed by atoms with van der Waals surface area (Å²) in [6.07, 6.45) is 1.79. The Morgan fingerprint density at radius 1 is 1.09 bits per heavy atom. The third-order valence-corrected chi connectivity index (χ3v) is 6.00. The highest BCUT2D eigenvalue weighted by atomic mass is 16.6. The summed E-state index contributed by atoms with van der Waals surface area (Å²) in [5, 5.41) is 15.5. The molecule has 0 spiro atoms. The van der Waals surface area contributed by atoms with Gasteiger partial charge in [0.1, 0.15) is 23.9 Å². The van der Waals surface area contributed by atoms with Gasteiger partial charge in [-0.05, 0) is 88.8 Å². The third kappa shape index (κ3) is 6.74. The van der Waals surface area contributed by atoms with Gasteiger partial charge in [-0.3, -0.25) is 9.59 Å². The highest BCUT2D eigenvalue weighted by molar-refractivity contribution is 5.99. The number of benzene rings is 2. The maximum absolute atomic E-state index is 13.7. The van der Waals surface area contributed by atoms with Gasteiger partial charge >= 0.3 is 6.09 Å². The van der Waals surface area contributed by atoms with Gasteiger partial charge < -0.3 is 25.4 Å². The molecule has 1 aliphatic rings. The fraction of sp³-hybridized carbons (Fsp3) is 0.444. The number of nitrogens with zero attached hydrogens (tertiary/aromatic N) is 1. The van der Waals surface area contributed by atoms with Gasteiger partial charge in [-0.25, -0.2) is 4.79 Å². The maximum Gasteiger partial charge on any atom is 0.408 e. The SMILES string of the molecule is Cc1cc(C(C(=O)Nc2ccccc2C)N(C(=O)CNC(=O)OC(C)(C)C)C2CCC2)ccc1O. The number of anilines is 1. The smallest absolute Gasteiger partial charge is 0.408 e. The van der Waals surface area contributed by atoms with Gasteiger partial charge in [-0.1, -0.05) is 24.3 Å². The van der Waals surface area contributed by atoms with E-state index in [1.54, 1.807) is 44.7 Å². The number of hydrogen-bond donors (Lipinski definition) is 3. The molecule has 188 valence electrons. The largest absolute Gasteiger partial charge is 0.508 e.